The average molecular weight is 283 g/mol. The van der Waals surface area contributed by atoms with E-state index in [9.17, 15) is 0 Å². The van der Waals surface area contributed by atoms with Crippen LogP contribution in [0.15, 0.2) is 4.52 Å². The van der Waals surface area contributed by atoms with Crippen molar-refractivity contribution in [2.45, 2.75) is 70.9 Å². The highest BCUT2D eigenvalue weighted by Gasteiger charge is 2.46. The molecule has 0 radical (unpaired) electrons. The van der Waals surface area contributed by atoms with Gasteiger partial charge in [0.15, 0.2) is 5.82 Å². The second-order valence-electron chi connectivity index (χ2n) is 6.59. The Morgan fingerprint density at radius 2 is 2.10 bits per heavy atom. The summed E-state index contributed by atoms with van der Waals surface area (Å²) >= 11 is 0. The van der Waals surface area contributed by atoms with Crippen molar-refractivity contribution >= 4 is 0 Å². The maximum atomic E-state index is 6.08. The fourth-order valence-electron chi connectivity index (χ4n) is 2.83. The van der Waals surface area contributed by atoms with E-state index < -0.39 is 0 Å². The Morgan fingerprint density at radius 1 is 1.40 bits per heavy atom. The Kier molecular flexibility index (Phi) is 4.18. The zero-order valence-electron chi connectivity index (χ0n) is 13.2. The highest BCUT2D eigenvalue weighted by atomic mass is 16.5. The summed E-state index contributed by atoms with van der Waals surface area (Å²) in [6.45, 7) is 10.8. The predicted octanol–water partition coefficient (Wildman–Crippen LogP) is 2.21. The first kappa shape index (κ1) is 15.4. The van der Waals surface area contributed by atoms with Crippen LogP contribution in [0, 0.1) is 0 Å². The SMILES string of the molecule is COCc1noc([C@H](C)N[C@@H]2CC(C)(C)OC2(C)C)n1. The van der Waals surface area contributed by atoms with Crippen LogP contribution in [0.2, 0.25) is 0 Å². The number of methoxy groups -OCH3 is 1. The molecule has 20 heavy (non-hydrogen) atoms. The number of nitrogens with one attached hydrogen (secondary N) is 1. The molecule has 1 N–H and O–H groups in total. The van der Waals surface area contributed by atoms with E-state index in [1.165, 1.54) is 0 Å². The van der Waals surface area contributed by atoms with Crippen LogP contribution < -0.4 is 5.32 Å². The monoisotopic (exact) mass is 283 g/mol. The third kappa shape index (κ3) is 3.37. The van der Waals surface area contributed by atoms with Crippen molar-refractivity contribution in [2.75, 3.05) is 7.11 Å². The van der Waals surface area contributed by atoms with Gasteiger partial charge in [-0.2, -0.15) is 4.98 Å². The van der Waals surface area contributed by atoms with E-state index in [-0.39, 0.29) is 23.3 Å². The van der Waals surface area contributed by atoms with Gasteiger partial charge in [0.25, 0.3) is 0 Å². The van der Waals surface area contributed by atoms with Gasteiger partial charge in [0.2, 0.25) is 5.89 Å². The summed E-state index contributed by atoms with van der Waals surface area (Å²) in [5.41, 5.74) is -0.329. The smallest absolute Gasteiger partial charge is 0.243 e. The minimum Gasteiger partial charge on any atom is -0.377 e. The molecule has 2 rings (SSSR count). The molecule has 0 aliphatic carbocycles. The molecular weight excluding hydrogens is 258 g/mol. The van der Waals surface area contributed by atoms with Crippen LogP contribution in [0.4, 0.5) is 0 Å². The lowest BCUT2D eigenvalue weighted by Gasteiger charge is -2.29. The number of hydrogen-bond donors (Lipinski definition) is 1. The summed E-state index contributed by atoms with van der Waals surface area (Å²) in [4.78, 5) is 4.32. The lowest BCUT2D eigenvalue weighted by Crippen LogP contribution is -2.44. The fourth-order valence-corrected chi connectivity index (χ4v) is 2.83. The van der Waals surface area contributed by atoms with E-state index in [0.717, 1.165) is 6.42 Å². The first-order valence-electron chi connectivity index (χ1n) is 7.01. The van der Waals surface area contributed by atoms with E-state index >= 15 is 0 Å². The summed E-state index contributed by atoms with van der Waals surface area (Å²) in [5.74, 6) is 1.15. The Bertz CT molecular complexity index is 456. The Balaban J connectivity index is 2.02. The maximum Gasteiger partial charge on any atom is 0.243 e. The van der Waals surface area contributed by atoms with Crippen molar-refractivity contribution in [1.82, 2.24) is 15.5 Å². The third-order valence-electron chi connectivity index (χ3n) is 3.65. The van der Waals surface area contributed by atoms with Gasteiger partial charge >= 0.3 is 0 Å². The van der Waals surface area contributed by atoms with Crippen LogP contribution in [-0.2, 0) is 16.1 Å². The third-order valence-corrected chi connectivity index (χ3v) is 3.65. The van der Waals surface area contributed by atoms with E-state index in [4.69, 9.17) is 14.0 Å². The highest BCUT2D eigenvalue weighted by Crippen LogP contribution is 2.38. The number of ether oxygens (including phenoxy) is 2. The molecule has 0 unspecified atom stereocenters. The second-order valence-corrected chi connectivity index (χ2v) is 6.59. The zero-order chi connectivity index (χ0) is 15.0. The summed E-state index contributed by atoms with van der Waals surface area (Å²) in [6, 6.07) is 0.222. The summed E-state index contributed by atoms with van der Waals surface area (Å²) < 4.78 is 16.3. The van der Waals surface area contributed by atoms with Crippen molar-refractivity contribution in [3.63, 3.8) is 0 Å². The lowest BCUT2D eigenvalue weighted by molar-refractivity contribution is -0.0705. The van der Waals surface area contributed by atoms with Gasteiger partial charge in [-0.25, -0.2) is 0 Å². The minimum atomic E-state index is -0.215. The minimum absolute atomic E-state index is 0.0186. The number of rotatable bonds is 5. The fraction of sp³-hybridized carbons (Fsp3) is 0.857. The summed E-state index contributed by atoms with van der Waals surface area (Å²) in [5, 5.41) is 7.42. The quantitative estimate of drug-likeness (QED) is 0.893. The van der Waals surface area contributed by atoms with Gasteiger partial charge in [-0.05, 0) is 41.0 Å². The first-order valence-corrected chi connectivity index (χ1v) is 7.01. The van der Waals surface area contributed by atoms with Gasteiger partial charge in [0.1, 0.15) is 6.61 Å². The van der Waals surface area contributed by atoms with Gasteiger partial charge in [-0.1, -0.05) is 5.16 Å². The van der Waals surface area contributed by atoms with Crippen LogP contribution in [0.25, 0.3) is 0 Å². The van der Waals surface area contributed by atoms with Crippen LogP contribution in [0.1, 0.15) is 58.8 Å². The van der Waals surface area contributed by atoms with Gasteiger partial charge in [-0.3, -0.25) is 0 Å². The molecule has 0 amide bonds. The van der Waals surface area contributed by atoms with Crippen molar-refractivity contribution in [2.24, 2.45) is 0 Å². The lowest BCUT2D eigenvalue weighted by atomic mass is 9.94. The zero-order valence-corrected chi connectivity index (χ0v) is 13.2. The van der Waals surface area contributed by atoms with Gasteiger partial charge in [0.05, 0.1) is 17.2 Å². The van der Waals surface area contributed by atoms with Crippen molar-refractivity contribution in [3.8, 4) is 0 Å². The molecule has 1 fully saturated rings. The Hall–Kier alpha value is -0.980. The Morgan fingerprint density at radius 3 is 2.65 bits per heavy atom. The summed E-state index contributed by atoms with van der Waals surface area (Å²) in [6.07, 6.45) is 0.948. The van der Waals surface area contributed by atoms with Crippen LogP contribution >= 0.6 is 0 Å². The van der Waals surface area contributed by atoms with Crippen LogP contribution in [0.5, 0.6) is 0 Å². The molecular formula is C14H25N3O3. The topological polar surface area (TPSA) is 69.4 Å². The van der Waals surface area contributed by atoms with Gasteiger partial charge in [-0.15, -0.1) is 0 Å². The molecule has 1 aromatic rings. The molecule has 2 atom stereocenters. The second kappa shape index (κ2) is 5.42. The van der Waals surface area contributed by atoms with Crippen LogP contribution in [-0.4, -0.2) is 34.5 Å². The highest BCUT2D eigenvalue weighted by molar-refractivity contribution is 5.01. The number of nitrogens with zero attached hydrogens (tertiary/aromatic N) is 2. The largest absolute Gasteiger partial charge is 0.377 e. The van der Waals surface area contributed by atoms with Crippen LogP contribution in [0.3, 0.4) is 0 Å². The predicted molar refractivity (Wildman–Crippen MR) is 74.2 cm³/mol. The van der Waals surface area contributed by atoms with E-state index in [1.807, 2.05) is 6.92 Å². The molecule has 1 aromatic heterocycles. The molecule has 1 saturated heterocycles. The molecule has 0 aromatic carbocycles. The maximum absolute atomic E-state index is 6.08. The van der Waals surface area contributed by atoms with Crippen molar-refractivity contribution < 1.29 is 14.0 Å². The van der Waals surface area contributed by atoms with Gasteiger partial charge < -0.3 is 19.3 Å². The van der Waals surface area contributed by atoms with E-state index in [1.54, 1.807) is 7.11 Å². The molecule has 1 aliphatic heterocycles. The molecule has 2 heterocycles. The normalized spacial score (nSPS) is 25.8. The van der Waals surface area contributed by atoms with E-state index in [0.29, 0.717) is 18.3 Å². The first-order chi connectivity index (χ1) is 9.23. The number of aromatic nitrogens is 2. The standard InChI is InChI=1S/C14H25N3O3/c1-9(12-16-11(8-18-6)17-19-12)15-10-7-13(2,3)20-14(10,4)5/h9-10,15H,7-8H2,1-6H3/t9-,10+/m0/s1. The van der Waals surface area contributed by atoms with E-state index in [2.05, 4.69) is 43.2 Å². The number of hydrogen-bond acceptors (Lipinski definition) is 6. The molecule has 0 bridgehead atoms. The Labute approximate surface area is 120 Å². The average Bonchev–Trinajstić information content (AvgIpc) is 2.82. The molecule has 1 aliphatic rings. The molecule has 6 nitrogen and oxygen atoms in total. The molecule has 0 spiro atoms. The van der Waals surface area contributed by atoms with Gasteiger partial charge in [0, 0.05) is 13.2 Å². The summed E-state index contributed by atoms with van der Waals surface area (Å²) in [7, 11) is 1.61. The molecule has 6 heteroatoms. The van der Waals surface area contributed by atoms with Crippen molar-refractivity contribution in [1.29, 1.82) is 0 Å². The van der Waals surface area contributed by atoms with Crippen molar-refractivity contribution in [3.05, 3.63) is 11.7 Å². The molecule has 0 saturated carbocycles. The molecule has 114 valence electrons.